The number of hydrogen-bond acceptors (Lipinski definition) is 0. The van der Waals surface area contributed by atoms with Crippen LogP contribution in [0.25, 0.3) is 0 Å². The van der Waals surface area contributed by atoms with E-state index in [1.54, 1.807) is 0 Å². The first-order valence-corrected chi connectivity index (χ1v) is 12.7. The molecule has 0 N–H and O–H groups in total. The maximum atomic E-state index is 2.75. The molecule has 3 aliphatic carbocycles. The molecule has 0 aliphatic heterocycles. The van der Waals surface area contributed by atoms with Crippen molar-refractivity contribution in [3.63, 3.8) is 0 Å². The zero-order chi connectivity index (χ0) is 20.1. The molecule has 11 atom stereocenters. The molecule has 0 radical (unpaired) electrons. The minimum Gasteiger partial charge on any atom is -0.0654 e. The lowest BCUT2D eigenvalue weighted by Gasteiger charge is -2.80. The molecular weight excluding hydrogens is 324 g/mol. The van der Waals surface area contributed by atoms with Crippen LogP contribution in [0.4, 0.5) is 0 Å². The lowest BCUT2D eigenvalue weighted by atomic mass is 9.24. The van der Waals surface area contributed by atoms with Gasteiger partial charge in [0.2, 0.25) is 0 Å². The molecule has 0 nitrogen and oxygen atoms in total. The van der Waals surface area contributed by atoms with Crippen LogP contribution in [0.2, 0.25) is 0 Å². The highest BCUT2D eigenvalue weighted by Gasteiger charge is 2.75. The number of rotatable bonds is 6. The summed E-state index contributed by atoms with van der Waals surface area (Å²) in [5.41, 5.74) is 1.22. The second-order valence-electron chi connectivity index (χ2n) is 11.9. The molecule has 0 spiro atoms. The van der Waals surface area contributed by atoms with Gasteiger partial charge in [-0.2, -0.15) is 0 Å². The van der Waals surface area contributed by atoms with E-state index in [4.69, 9.17) is 0 Å². The molecule has 0 aromatic rings. The van der Waals surface area contributed by atoms with Crippen LogP contribution < -0.4 is 0 Å². The Balaban J connectivity index is 1.96. The van der Waals surface area contributed by atoms with Gasteiger partial charge < -0.3 is 0 Å². The van der Waals surface area contributed by atoms with Gasteiger partial charge in [-0.3, -0.25) is 0 Å². The van der Waals surface area contributed by atoms with E-state index in [0.29, 0.717) is 10.8 Å². The molecule has 0 bridgehead atoms. The minimum absolute atomic E-state index is 0.610. The van der Waals surface area contributed by atoms with Gasteiger partial charge in [0, 0.05) is 0 Å². The van der Waals surface area contributed by atoms with Crippen LogP contribution in [0.1, 0.15) is 107 Å². The average Bonchev–Trinajstić information content (AvgIpc) is 2.63. The Hall–Kier alpha value is 0. The van der Waals surface area contributed by atoms with Gasteiger partial charge in [0.05, 0.1) is 0 Å². The molecule has 3 fully saturated rings. The smallest absolute Gasteiger partial charge is 0.0253 e. The Morgan fingerprint density at radius 3 is 2.00 bits per heavy atom. The molecule has 27 heavy (non-hydrogen) atoms. The Kier molecular flexibility index (Phi) is 6.17. The van der Waals surface area contributed by atoms with Crippen LogP contribution in [0.15, 0.2) is 0 Å². The van der Waals surface area contributed by atoms with E-state index in [9.17, 15) is 0 Å². The van der Waals surface area contributed by atoms with Crippen molar-refractivity contribution in [2.45, 2.75) is 107 Å². The van der Waals surface area contributed by atoms with Crippen molar-refractivity contribution in [1.82, 2.24) is 0 Å². The number of unbranched alkanes of at least 4 members (excludes halogenated alkanes) is 1. The molecule has 0 amide bonds. The minimum atomic E-state index is 0.610. The van der Waals surface area contributed by atoms with Crippen LogP contribution in [-0.2, 0) is 0 Å². The average molecular weight is 375 g/mol. The Bertz CT molecular complexity index is 508. The maximum absolute atomic E-state index is 2.75. The van der Waals surface area contributed by atoms with E-state index in [0.717, 1.165) is 53.3 Å². The number of hydrogen-bond donors (Lipinski definition) is 0. The second-order valence-corrected chi connectivity index (χ2v) is 11.9. The molecule has 0 aromatic heterocycles. The van der Waals surface area contributed by atoms with E-state index in [1.165, 1.54) is 44.9 Å². The molecule has 0 saturated heterocycles. The Morgan fingerprint density at radius 2 is 1.44 bits per heavy atom. The van der Waals surface area contributed by atoms with Crippen molar-refractivity contribution >= 4 is 0 Å². The summed E-state index contributed by atoms with van der Waals surface area (Å²) in [6.07, 6.45) is 10.00. The summed E-state index contributed by atoms with van der Waals surface area (Å²) >= 11 is 0. The fourth-order valence-electron chi connectivity index (χ4n) is 9.38. The van der Waals surface area contributed by atoms with Gasteiger partial charge in [-0.05, 0) is 76.9 Å². The topological polar surface area (TPSA) is 0 Å². The summed E-state index contributed by atoms with van der Waals surface area (Å²) < 4.78 is 0. The van der Waals surface area contributed by atoms with Gasteiger partial charge in [-0.25, -0.2) is 0 Å². The Labute approximate surface area is 171 Å². The first kappa shape index (κ1) is 21.7. The van der Waals surface area contributed by atoms with E-state index in [2.05, 4.69) is 62.3 Å². The summed E-state index contributed by atoms with van der Waals surface area (Å²) in [6.45, 7) is 23.2. The van der Waals surface area contributed by atoms with E-state index in [-0.39, 0.29) is 0 Å². The highest BCUT2D eigenvalue weighted by atomic mass is 14.8. The lowest BCUT2D eigenvalue weighted by Crippen LogP contribution is -2.76. The van der Waals surface area contributed by atoms with E-state index < -0.39 is 0 Å². The second kappa shape index (κ2) is 7.68. The van der Waals surface area contributed by atoms with Crippen LogP contribution >= 0.6 is 0 Å². The zero-order valence-corrected chi connectivity index (χ0v) is 20.1. The third-order valence-electron chi connectivity index (χ3n) is 11.0. The quantitative estimate of drug-likeness (QED) is 0.437. The van der Waals surface area contributed by atoms with Crippen molar-refractivity contribution in [3.8, 4) is 0 Å². The van der Waals surface area contributed by atoms with Crippen LogP contribution in [-0.4, -0.2) is 0 Å². The SMILES string of the molecule is CCCCC1C(C)CC2(C)C(C(CCC)C(C)C1C)C1C(C)C(C)(CC)C12. The monoisotopic (exact) mass is 374 g/mol. The van der Waals surface area contributed by atoms with Gasteiger partial charge in [0.1, 0.15) is 0 Å². The van der Waals surface area contributed by atoms with Crippen molar-refractivity contribution in [1.29, 1.82) is 0 Å². The molecule has 3 saturated carbocycles. The first-order valence-electron chi connectivity index (χ1n) is 12.7. The predicted molar refractivity (Wildman–Crippen MR) is 120 cm³/mol. The van der Waals surface area contributed by atoms with Gasteiger partial charge in [0.25, 0.3) is 0 Å². The summed E-state index contributed by atoms with van der Waals surface area (Å²) in [5, 5.41) is 0. The zero-order valence-electron chi connectivity index (χ0n) is 20.1. The fraction of sp³-hybridized carbons (Fsp3) is 1.00. The van der Waals surface area contributed by atoms with E-state index >= 15 is 0 Å². The third kappa shape index (κ3) is 2.97. The largest absolute Gasteiger partial charge is 0.0654 e. The summed E-state index contributed by atoms with van der Waals surface area (Å²) in [4.78, 5) is 0. The van der Waals surface area contributed by atoms with Gasteiger partial charge in [0.15, 0.2) is 0 Å². The van der Waals surface area contributed by atoms with Crippen LogP contribution in [0, 0.1) is 64.1 Å². The normalized spacial score (nSPS) is 54.8. The standard InChI is InChI=1S/C27H50/c1-10-13-15-21-17(4)16-27(9)24(22(14-11-2)19(6)18(21)5)23-20(7)26(8,12-3)25(23)27/h17-25H,10-16H2,1-9H3. The molecule has 3 aliphatic rings. The maximum Gasteiger partial charge on any atom is -0.0253 e. The van der Waals surface area contributed by atoms with Gasteiger partial charge in [-0.15, -0.1) is 0 Å². The van der Waals surface area contributed by atoms with Crippen molar-refractivity contribution in [3.05, 3.63) is 0 Å². The molecule has 0 heterocycles. The highest BCUT2D eigenvalue weighted by Crippen LogP contribution is 2.80. The van der Waals surface area contributed by atoms with E-state index in [1.807, 2.05) is 0 Å². The Morgan fingerprint density at radius 1 is 0.815 bits per heavy atom. The summed E-state index contributed by atoms with van der Waals surface area (Å²) in [5.74, 6) is 8.61. The third-order valence-corrected chi connectivity index (χ3v) is 11.0. The molecule has 11 unspecified atom stereocenters. The first-order chi connectivity index (χ1) is 12.7. The van der Waals surface area contributed by atoms with Crippen molar-refractivity contribution < 1.29 is 0 Å². The van der Waals surface area contributed by atoms with Crippen LogP contribution in [0.3, 0.4) is 0 Å². The highest BCUT2D eigenvalue weighted by molar-refractivity contribution is 5.23. The number of fused-ring (bicyclic) bond motifs is 4. The van der Waals surface area contributed by atoms with Crippen molar-refractivity contribution in [2.75, 3.05) is 0 Å². The summed E-state index contributed by atoms with van der Waals surface area (Å²) in [6, 6.07) is 0. The predicted octanol–water partition coefficient (Wildman–Crippen LogP) is 8.46. The fourth-order valence-corrected chi connectivity index (χ4v) is 9.38. The molecule has 3 rings (SSSR count). The van der Waals surface area contributed by atoms with Gasteiger partial charge in [-0.1, -0.05) is 94.4 Å². The molecule has 0 heteroatoms. The molecular formula is C27H50. The van der Waals surface area contributed by atoms with Crippen LogP contribution in [0.5, 0.6) is 0 Å². The molecule has 0 aromatic carbocycles. The lowest BCUT2D eigenvalue weighted by molar-refractivity contribution is -0.330. The molecule has 158 valence electrons. The van der Waals surface area contributed by atoms with Crippen molar-refractivity contribution in [2.24, 2.45) is 64.1 Å². The summed E-state index contributed by atoms with van der Waals surface area (Å²) in [7, 11) is 0. The van der Waals surface area contributed by atoms with Gasteiger partial charge >= 0.3 is 0 Å².